The van der Waals surface area contributed by atoms with E-state index in [1.807, 2.05) is 6.07 Å². The van der Waals surface area contributed by atoms with Crippen LogP contribution in [0.3, 0.4) is 0 Å². The van der Waals surface area contributed by atoms with E-state index >= 15 is 0 Å². The van der Waals surface area contributed by atoms with Crippen LogP contribution in [-0.2, 0) is 0 Å². The Morgan fingerprint density at radius 2 is 2.32 bits per heavy atom. The number of nitrogens with one attached hydrogen (secondary N) is 1. The molecule has 7 nitrogen and oxygen atoms in total. The number of benzene rings is 1. The van der Waals surface area contributed by atoms with Crippen LogP contribution in [0, 0.1) is 0 Å². The summed E-state index contributed by atoms with van der Waals surface area (Å²) in [4.78, 5) is 12.0. The molecular formula is C11H8N4O3S. The van der Waals surface area contributed by atoms with Gasteiger partial charge in [-0.1, -0.05) is 6.07 Å². The molecule has 1 N–H and O–H groups in total. The Labute approximate surface area is 111 Å². The summed E-state index contributed by atoms with van der Waals surface area (Å²) in [5.74, 6) is -0.105. The number of rotatable bonds is 3. The van der Waals surface area contributed by atoms with Gasteiger partial charge in [0.2, 0.25) is 5.76 Å². The molecule has 0 aliphatic rings. The maximum Gasteiger partial charge on any atom is 0.294 e. The minimum absolute atomic E-state index is 0.0667. The Morgan fingerprint density at radius 3 is 3.11 bits per heavy atom. The van der Waals surface area contributed by atoms with Gasteiger partial charge in [0.1, 0.15) is 11.0 Å². The first kappa shape index (κ1) is 11.6. The zero-order chi connectivity index (χ0) is 13.2. The van der Waals surface area contributed by atoms with Gasteiger partial charge in [0.25, 0.3) is 11.8 Å². The molecule has 0 aliphatic carbocycles. The van der Waals surface area contributed by atoms with Gasteiger partial charge in [0, 0.05) is 0 Å². The van der Waals surface area contributed by atoms with Crippen LogP contribution in [0.15, 0.2) is 28.8 Å². The number of fused-ring (bicyclic) bond motifs is 1. The number of carbonyl (C=O) groups excluding carboxylic acids is 1. The number of ether oxygens (including phenoxy) is 1. The molecule has 0 radical (unpaired) electrons. The zero-order valence-corrected chi connectivity index (χ0v) is 10.6. The summed E-state index contributed by atoms with van der Waals surface area (Å²) in [5.41, 5.74) is 1.96. The second-order valence-electron chi connectivity index (χ2n) is 3.63. The van der Waals surface area contributed by atoms with E-state index in [9.17, 15) is 4.79 Å². The van der Waals surface area contributed by atoms with Crippen LogP contribution < -0.4 is 10.1 Å². The Kier molecular flexibility index (Phi) is 2.84. The van der Waals surface area contributed by atoms with Gasteiger partial charge in [0.15, 0.2) is 0 Å². The third kappa shape index (κ3) is 2.13. The van der Waals surface area contributed by atoms with Crippen molar-refractivity contribution < 1.29 is 14.1 Å². The number of hydrogen-bond acceptors (Lipinski definition) is 7. The second kappa shape index (κ2) is 4.65. The molecule has 0 saturated carbocycles. The molecule has 2 heterocycles. The van der Waals surface area contributed by atoms with Crippen molar-refractivity contribution in [3.8, 4) is 5.88 Å². The molecule has 1 amide bonds. The molecule has 0 saturated heterocycles. The number of aromatic nitrogens is 3. The zero-order valence-electron chi connectivity index (χ0n) is 9.78. The maximum absolute atomic E-state index is 12.0. The standard InChI is InChI=1S/C11H8N4O3S/c1-17-9-5-8(18-13-9)11(16)12-6-3-2-4-7-10(6)15-19-14-7/h2-5H,1H3,(H,12,16). The van der Waals surface area contributed by atoms with Crippen molar-refractivity contribution in [2.24, 2.45) is 0 Å². The summed E-state index contributed by atoms with van der Waals surface area (Å²) in [7, 11) is 1.45. The van der Waals surface area contributed by atoms with Crippen LogP contribution >= 0.6 is 11.7 Å². The normalized spacial score (nSPS) is 10.6. The number of nitrogens with zero attached hydrogens (tertiary/aromatic N) is 3. The smallest absolute Gasteiger partial charge is 0.294 e. The van der Waals surface area contributed by atoms with E-state index in [-0.39, 0.29) is 11.6 Å². The lowest BCUT2D eigenvalue weighted by atomic mass is 10.2. The average Bonchev–Trinajstić information content (AvgIpc) is 3.08. The summed E-state index contributed by atoms with van der Waals surface area (Å²) in [6, 6.07) is 6.77. The molecule has 0 unspecified atom stereocenters. The van der Waals surface area contributed by atoms with Crippen LogP contribution in [0.25, 0.3) is 11.0 Å². The first-order chi connectivity index (χ1) is 9.28. The van der Waals surface area contributed by atoms with E-state index in [1.54, 1.807) is 12.1 Å². The van der Waals surface area contributed by atoms with Crippen molar-refractivity contribution in [3.63, 3.8) is 0 Å². The Bertz CT molecular complexity index is 736. The first-order valence-electron chi connectivity index (χ1n) is 5.31. The topological polar surface area (TPSA) is 90.1 Å². The van der Waals surface area contributed by atoms with Gasteiger partial charge in [-0.3, -0.25) is 4.79 Å². The van der Waals surface area contributed by atoms with Crippen LogP contribution in [0.5, 0.6) is 5.88 Å². The number of methoxy groups -OCH3 is 1. The Balaban J connectivity index is 1.88. The van der Waals surface area contributed by atoms with Crippen LogP contribution in [0.2, 0.25) is 0 Å². The third-order valence-corrected chi connectivity index (χ3v) is 3.00. The van der Waals surface area contributed by atoms with E-state index in [0.29, 0.717) is 11.2 Å². The van der Waals surface area contributed by atoms with E-state index in [1.165, 1.54) is 13.2 Å². The van der Waals surface area contributed by atoms with E-state index in [0.717, 1.165) is 17.2 Å². The lowest BCUT2D eigenvalue weighted by Gasteiger charge is -2.02. The molecule has 2 aromatic heterocycles. The highest BCUT2D eigenvalue weighted by atomic mass is 32.1. The fourth-order valence-corrected chi connectivity index (χ4v) is 2.10. The molecule has 0 bridgehead atoms. The molecule has 0 fully saturated rings. The predicted molar refractivity (Wildman–Crippen MR) is 68.4 cm³/mol. The average molecular weight is 276 g/mol. The second-order valence-corrected chi connectivity index (χ2v) is 4.15. The summed E-state index contributed by atoms with van der Waals surface area (Å²) in [6.45, 7) is 0. The van der Waals surface area contributed by atoms with Gasteiger partial charge in [-0.15, -0.1) is 0 Å². The van der Waals surface area contributed by atoms with Gasteiger partial charge in [-0.2, -0.15) is 8.75 Å². The van der Waals surface area contributed by atoms with Crippen LogP contribution in [0.4, 0.5) is 5.69 Å². The summed E-state index contributed by atoms with van der Waals surface area (Å²) < 4.78 is 17.9. The van der Waals surface area contributed by atoms with Crippen molar-refractivity contribution in [3.05, 3.63) is 30.0 Å². The molecule has 3 aromatic rings. The largest absolute Gasteiger partial charge is 0.479 e. The van der Waals surface area contributed by atoms with Crippen LogP contribution in [0.1, 0.15) is 10.6 Å². The molecule has 1 aromatic carbocycles. The van der Waals surface area contributed by atoms with Gasteiger partial charge >= 0.3 is 0 Å². The highest BCUT2D eigenvalue weighted by Crippen LogP contribution is 2.22. The van der Waals surface area contributed by atoms with Gasteiger partial charge in [-0.05, 0) is 17.3 Å². The molecule has 0 atom stereocenters. The van der Waals surface area contributed by atoms with Crippen molar-refractivity contribution in [2.75, 3.05) is 12.4 Å². The van der Waals surface area contributed by atoms with E-state index < -0.39 is 5.91 Å². The highest BCUT2D eigenvalue weighted by molar-refractivity contribution is 7.00. The van der Waals surface area contributed by atoms with Crippen molar-refractivity contribution in [2.45, 2.75) is 0 Å². The van der Waals surface area contributed by atoms with Crippen LogP contribution in [-0.4, -0.2) is 26.9 Å². The Hall–Kier alpha value is -2.48. The molecular weight excluding hydrogens is 268 g/mol. The number of anilines is 1. The minimum Gasteiger partial charge on any atom is -0.479 e. The maximum atomic E-state index is 12.0. The molecule has 3 rings (SSSR count). The summed E-state index contributed by atoms with van der Waals surface area (Å²) in [6.07, 6.45) is 0. The molecule has 8 heteroatoms. The van der Waals surface area contributed by atoms with Crippen molar-refractivity contribution in [1.29, 1.82) is 0 Å². The van der Waals surface area contributed by atoms with Gasteiger partial charge in [0.05, 0.1) is 30.6 Å². The summed E-state index contributed by atoms with van der Waals surface area (Å²) >= 11 is 1.09. The number of amides is 1. The Morgan fingerprint density at radius 1 is 1.42 bits per heavy atom. The third-order valence-electron chi connectivity index (χ3n) is 2.46. The number of carbonyl (C=O) groups is 1. The summed E-state index contributed by atoms with van der Waals surface area (Å²) in [5, 5.41) is 6.27. The molecule has 0 spiro atoms. The molecule has 19 heavy (non-hydrogen) atoms. The molecule has 0 aliphatic heterocycles. The van der Waals surface area contributed by atoms with E-state index in [4.69, 9.17) is 9.26 Å². The predicted octanol–water partition coefficient (Wildman–Crippen LogP) is 1.94. The fourth-order valence-electron chi connectivity index (χ4n) is 1.55. The minimum atomic E-state index is -0.420. The number of hydrogen-bond donors (Lipinski definition) is 1. The quantitative estimate of drug-likeness (QED) is 0.786. The van der Waals surface area contributed by atoms with Gasteiger partial charge in [-0.25, -0.2) is 0 Å². The monoisotopic (exact) mass is 276 g/mol. The van der Waals surface area contributed by atoms with E-state index in [2.05, 4.69) is 19.2 Å². The molecule has 96 valence electrons. The van der Waals surface area contributed by atoms with Crippen molar-refractivity contribution in [1.82, 2.24) is 13.9 Å². The highest BCUT2D eigenvalue weighted by Gasteiger charge is 2.15. The fraction of sp³-hybridized carbons (Fsp3) is 0.0909. The lowest BCUT2D eigenvalue weighted by Crippen LogP contribution is -2.11. The first-order valence-corrected chi connectivity index (χ1v) is 6.04. The lowest BCUT2D eigenvalue weighted by molar-refractivity contribution is 0.0987. The van der Waals surface area contributed by atoms with Gasteiger partial charge < -0.3 is 14.6 Å². The SMILES string of the molecule is COc1cc(C(=O)Nc2cccc3nsnc23)on1. The van der Waals surface area contributed by atoms with Crippen molar-refractivity contribution >= 4 is 34.4 Å².